The molecule has 3 heterocycles. The van der Waals surface area contributed by atoms with Crippen molar-refractivity contribution >= 4 is 33.2 Å². The topological polar surface area (TPSA) is 83.0 Å². The molecule has 3 aromatic heterocycles. The van der Waals surface area contributed by atoms with Crippen LogP contribution in [0.3, 0.4) is 0 Å². The zero-order valence-corrected chi connectivity index (χ0v) is 16.1. The molecule has 26 heavy (non-hydrogen) atoms. The molecule has 6 nitrogen and oxygen atoms in total. The van der Waals surface area contributed by atoms with Crippen LogP contribution in [0.15, 0.2) is 6.07 Å². The van der Waals surface area contributed by atoms with Crippen LogP contribution in [0.4, 0.5) is 5.69 Å². The number of rotatable bonds is 3. The van der Waals surface area contributed by atoms with Gasteiger partial charge < -0.3 is 10.5 Å². The summed E-state index contributed by atoms with van der Waals surface area (Å²) >= 11 is 1.31. The number of pyridine rings is 1. The molecule has 0 aliphatic heterocycles. The van der Waals surface area contributed by atoms with Gasteiger partial charge in [-0.3, -0.25) is 0 Å². The molecule has 0 spiro atoms. The van der Waals surface area contributed by atoms with E-state index in [4.69, 9.17) is 15.5 Å². The number of anilines is 1. The van der Waals surface area contributed by atoms with Crippen molar-refractivity contribution in [2.24, 2.45) is 0 Å². The van der Waals surface area contributed by atoms with E-state index in [0.29, 0.717) is 17.2 Å². The van der Waals surface area contributed by atoms with E-state index >= 15 is 0 Å². The number of nitrogen functional groups attached to an aromatic ring is 1. The number of nitrogens with zero attached hydrogens (tertiary/aromatic N) is 3. The number of esters is 1. The van der Waals surface area contributed by atoms with Crippen LogP contribution < -0.4 is 5.73 Å². The fourth-order valence-electron chi connectivity index (χ4n) is 3.76. The second kappa shape index (κ2) is 6.39. The first-order valence-electron chi connectivity index (χ1n) is 8.95. The summed E-state index contributed by atoms with van der Waals surface area (Å²) in [7, 11) is 0. The molecule has 0 aromatic carbocycles. The van der Waals surface area contributed by atoms with Gasteiger partial charge in [0.25, 0.3) is 0 Å². The van der Waals surface area contributed by atoms with Gasteiger partial charge in [-0.1, -0.05) is 0 Å². The van der Waals surface area contributed by atoms with Crippen molar-refractivity contribution in [2.45, 2.75) is 46.5 Å². The van der Waals surface area contributed by atoms with Crippen LogP contribution in [-0.4, -0.2) is 27.3 Å². The van der Waals surface area contributed by atoms with E-state index in [9.17, 15) is 4.79 Å². The lowest BCUT2D eigenvalue weighted by molar-refractivity contribution is 0.0533. The Labute approximate surface area is 156 Å². The molecule has 7 heteroatoms. The third-order valence-corrected chi connectivity index (χ3v) is 5.92. The van der Waals surface area contributed by atoms with Gasteiger partial charge in [0.05, 0.1) is 18.0 Å². The summed E-state index contributed by atoms with van der Waals surface area (Å²) in [6.45, 7) is 6.14. The zero-order valence-electron chi connectivity index (χ0n) is 15.3. The molecular weight excluding hydrogens is 348 g/mol. The van der Waals surface area contributed by atoms with Crippen LogP contribution >= 0.6 is 11.3 Å². The van der Waals surface area contributed by atoms with E-state index in [1.165, 1.54) is 22.5 Å². The maximum atomic E-state index is 12.3. The molecule has 1 aliphatic rings. The van der Waals surface area contributed by atoms with Crippen molar-refractivity contribution in [2.75, 3.05) is 12.3 Å². The van der Waals surface area contributed by atoms with Gasteiger partial charge in [-0.25, -0.2) is 14.5 Å². The summed E-state index contributed by atoms with van der Waals surface area (Å²) in [5.41, 5.74) is 11.3. The van der Waals surface area contributed by atoms with Gasteiger partial charge >= 0.3 is 5.97 Å². The predicted octanol–water partition coefficient (Wildman–Crippen LogP) is 3.74. The second-order valence-corrected chi connectivity index (χ2v) is 7.68. The first-order valence-corrected chi connectivity index (χ1v) is 9.77. The molecule has 4 rings (SSSR count). The zero-order chi connectivity index (χ0) is 18.4. The van der Waals surface area contributed by atoms with Crippen LogP contribution in [0, 0.1) is 13.8 Å². The molecule has 0 saturated carbocycles. The molecule has 0 atom stereocenters. The average molecular weight is 370 g/mol. The number of carbonyl (C=O) groups is 1. The Hall–Kier alpha value is -2.41. The molecule has 0 bridgehead atoms. The van der Waals surface area contributed by atoms with Crippen molar-refractivity contribution < 1.29 is 9.53 Å². The molecule has 2 N–H and O–H groups in total. The summed E-state index contributed by atoms with van der Waals surface area (Å²) in [4.78, 5) is 18.4. The maximum Gasteiger partial charge on any atom is 0.350 e. The van der Waals surface area contributed by atoms with Gasteiger partial charge in [-0.05, 0) is 58.1 Å². The van der Waals surface area contributed by atoms with Crippen LogP contribution in [-0.2, 0) is 17.6 Å². The van der Waals surface area contributed by atoms with Crippen LogP contribution in [0.2, 0.25) is 0 Å². The summed E-state index contributed by atoms with van der Waals surface area (Å²) < 4.78 is 7.08. The molecule has 136 valence electrons. The van der Waals surface area contributed by atoms with Gasteiger partial charge in [0.2, 0.25) is 0 Å². The van der Waals surface area contributed by atoms with E-state index in [2.05, 4.69) is 5.10 Å². The van der Waals surface area contributed by atoms with Crippen molar-refractivity contribution in [1.29, 1.82) is 0 Å². The monoisotopic (exact) mass is 370 g/mol. The van der Waals surface area contributed by atoms with Crippen LogP contribution in [0.25, 0.3) is 16.0 Å². The lowest BCUT2D eigenvalue weighted by atomic mass is 9.90. The smallest absolute Gasteiger partial charge is 0.350 e. The number of ether oxygens (including phenoxy) is 1. The van der Waals surface area contributed by atoms with Crippen molar-refractivity contribution in [3.05, 3.63) is 33.5 Å². The Balaban J connectivity index is 2.00. The standard InChI is InChI=1S/C19H22N4O2S/c1-4-25-19(24)16-15(20)14-12-7-5-6-8-13(12)17(21-18(14)26-16)23-11(3)9-10(2)22-23/h9H,4-8,20H2,1-3H3. The largest absolute Gasteiger partial charge is 0.462 e. The average Bonchev–Trinajstić information content (AvgIpc) is 3.13. The minimum atomic E-state index is -0.370. The lowest BCUT2D eigenvalue weighted by Gasteiger charge is -2.20. The quantitative estimate of drug-likeness (QED) is 0.710. The summed E-state index contributed by atoms with van der Waals surface area (Å²) in [5.74, 6) is 0.500. The first kappa shape index (κ1) is 17.0. The molecule has 0 amide bonds. The number of hydrogen-bond acceptors (Lipinski definition) is 6. The fourth-order valence-corrected chi connectivity index (χ4v) is 4.78. The van der Waals surface area contributed by atoms with Crippen molar-refractivity contribution in [3.63, 3.8) is 0 Å². The number of fused-ring (bicyclic) bond motifs is 3. The highest BCUT2D eigenvalue weighted by atomic mass is 32.1. The lowest BCUT2D eigenvalue weighted by Crippen LogP contribution is -2.13. The third kappa shape index (κ3) is 2.58. The number of hydrogen-bond donors (Lipinski definition) is 1. The highest BCUT2D eigenvalue weighted by molar-refractivity contribution is 7.21. The Morgan fingerprint density at radius 3 is 2.69 bits per heavy atom. The molecule has 3 aromatic rings. The normalized spacial score (nSPS) is 13.8. The van der Waals surface area contributed by atoms with E-state index in [1.54, 1.807) is 6.92 Å². The second-order valence-electron chi connectivity index (χ2n) is 6.68. The van der Waals surface area contributed by atoms with Gasteiger partial charge in [0, 0.05) is 16.6 Å². The van der Waals surface area contributed by atoms with E-state index in [1.807, 2.05) is 24.6 Å². The van der Waals surface area contributed by atoms with Gasteiger partial charge in [0.1, 0.15) is 9.71 Å². The van der Waals surface area contributed by atoms with Crippen LogP contribution in [0.5, 0.6) is 0 Å². The predicted molar refractivity (Wildman–Crippen MR) is 103 cm³/mol. The van der Waals surface area contributed by atoms with Gasteiger partial charge in [-0.2, -0.15) is 5.10 Å². The Morgan fingerprint density at radius 2 is 2.04 bits per heavy atom. The molecule has 1 aliphatic carbocycles. The Bertz CT molecular complexity index is 1020. The number of aryl methyl sites for hydroxylation is 3. The summed E-state index contributed by atoms with van der Waals surface area (Å²) in [6, 6.07) is 2.05. The number of carbonyl (C=O) groups excluding carboxylic acids is 1. The van der Waals surface area contributed by atoms with Crippen molar-refractivity contribution in [1.82, 2.24) is 14.8 Å². The molecule has 0 saturated heterocycles. The minimum Gasteiger partial charge on any atom is -0.462 e. The fraction of sp³-hybridized carbons (Fsp3) is 0.421. The third-order valence-electron chi connectivity index (χ3n) is 4.84. The molecule has 0 unspecified atom stereocenters. The molecular formula is C19H22N4O2S. The molecule has 0 radical (unpaired) electrons. The molecule has 0 fully saturated rings. The Kier molecular flexibility index (Phi) is 4.19. The highest BCUT2D eigenvalue weighted by Gasteiger charge is 2.26. The highest BCUT2D eigenvalue weighted by Crippen LogP contribution is 2.41. The van der Waals surface area contributed by atoms with E-state index in [0.717, 1.165) is 53.1 Å². The number of thiophene rings is 1. The van der Waals surface area contributed by atoms with Crippen LogP contribution in [0.1, 0.15) is 52.0 Å². The van der Waals surface area contributed by atoms with Crippen molar-refractivity contribution in [3.8, 4) is 5.82 Å². The van der Waals surface area contributed by atoms with E-state index < -0.39 is 0 Å². The first-order chi connectivity index (χ1) is 12.5. The number of nitrogens with two attached hydrogens (primary N) is 1. The van der Waals surface area contributed by atoms with Gasteiger partial charge in [-0.15, -0.1) is 11.3 Å². The summed E-state index contributed by atoms with van der Waals surface area (Å²) in [6.07, 6.45) is 4.15. The van der Waals surface area contributed by atoms with E-state index in [-0.39, 0.29) is 5.97 Å². The number of aromatic nitrogens is 3. The maximum absolute atomic E-state index is 12.3. The minimum absolute atomic E-state index is 0.328. The van der Waals surface area contributed by atoms with Gasteiger partial charge in [0.15, 0.2) is 5.82 Å². The Morgan fingerprint density at radius 1 is 1.31 bits per heavy atom. The summed E-state index contributed by atoms with van der Waals surface area (Å²) in [5, 5.41) is 5.55. The SMILES string of the molecule is CCOC(=O)c1sc2nc(-n3nc(C)cc3C)c3c(c2c1N)CCCC3.